The molecule has 0 radical (unpaired) electrons. The summed E-state index contributed by atoms with van der Waals surface area (Å²) in [7, 11) is 0. The van der Waals surface area contributed by atoms with E-state index < -0.39 is 0 Å². The number of hydrogen-bond acceptors (Lipinski definition) is 2. The molecule has 0 aliphatic carbocycles. The highest BCUT2D eigenvalue weighted by molar-refractivity contribution is 6.30. The standard InChI is InChI=1S/C16H27ClN2/c1-4-11-19(6-3)12-10-18-16(5-2)14-8-7-9-15(17)13-14/h7-9,13,16,18H,4-6,10-12H2,1-3H3. The Bertz CT molecular complexity index is 354. The van der Waals surface area contributed by atoms with Gasteiger partial charge in [-0.15, -0.1) is 0 Å². The van der Waals surface area contributed by atoms with Crippen LogP contribution in [-0.2, 0) is 0 Å². The zero-order chi connectivity index (χ0) is 14.1. The molecule has 2 nitrogen and oxygen atoms in total. The number of nitrogens with one attached hydrogen (secondary N) is 1. The topological polar surface area (TPSA) is 15.3 Å². The molecule has 0 saturated carbocycles. The molecule has 1 aromatic rings. The van der Waals surface area contributed by atoms with Crippen LogP contribution >= 0.6 is 11.6 Å². The van der Waals surface area contributed by atoms with Gasteiger partial charge >= 0.3 is 0 Å². The monoisotopic (exact) mass is 282 g/mol. The van der Waals surface area contributed by atoms with E-state index >= 15 is 0 Å². The molecule has 0 heterocycles. The minimum absolute atomic E-state index is 0.402. The molecular formula is C16H27ClN2. The van der Waals surface area contributed by atoms with Crippen molar-refractivity contribution in [1.82, 2.24) is 10.2 Å². The lowest BCUT2D eigenvalue weighted by molar-refractivity contribution is 0.282. The van der Waals surface area contributed by atoms with Crippen LogP contribution in [0.25, 0.3) is 0 Å². The van der Waals surface area contributed by atoms with E-state index in [4.69, 9.17) is 11.6 Å². The minimum atomic E-state index is 0.402. The lowest BCUT2D eigenvalue weighted by Gasteiger charge is -2.23. The van der Waals surface area contributed by atoms with Gasteiger partial charge in [0.05, 0.1) is 0 Å². The van der Waals surface area contributed by atoms with Gasteiger partial charge in [0.2, 0.25) is 0 Å². The molecule has 0 aromatic heterocycles. The third-order valence-corrected chi connectivity index (χ3v) is 3.70. The van der Waals surface area contributed by atoms with Crippen LogP contribution in [0.5, 0.6) is 0 Å². The Morgan fingerprint density at radius 3 is 2.58 bits per heavy atom. The average molecular weight is 283 g/mol. The summed E-state index contributed by atoms with van der Waals surface area (Å²) in [5, 5.41) is 4.45. The van der Waals surface area contributed by atoms with Gasteiger partial charge in [0, 0.05) is 24.2 Å². The molecule has 0 fully saturated rings. The highest BCUT2D eigenvalue weighted by atomic mass is 35.5. The van der Waals surface area contributed by atoms with Crippen molar-refractivity contribution in [2.75, 3.05) is 26.2 Å². The van der Waals surface area contributed by atoms with Crippen molar-refractivity contribution in [2.24, 2.45) is 0 Å². The van der Waals surface area contributed by atoms with Gasteiger partial charge in [-0.2, -0.15) is 0 Å². The second-order valence-corrected chi connectivity index (χ2v) is 5.34. The smallest absolute Gasteiger partial charge is 0.0409 e. The van der Waals surface area contributed by atoms with Gasteiger partial charge in [0.1, 0.15) is 0 Å². The Kier molecular flexibility index (Phi) is 8.11. The summed E-state index contributed by atoms with van der Waals surface area (Å²) in [5.74, 6) is 0. The van der Waals surface area contributed by atoms with E-state index in [-0.39, 0.29) is 0 Å². The molecule has 1 aromatic carbocycles. The van der Waals surface area contributed by atoms with Gasteiger partial charge in [-0.1, -0.05) is 44.5 Å². The molecule has 108 valence electrons. The summed E-state index contributed by atoms with van der Waals surface area (Å²) >= 11 is 6.06. The Hall–Kier alpha value is -0.570. The van der Waals surface area contributed by atoms with Gasteiger partial charge in [0.25, 0.3) is 0 Å². The molecule has 0 aliphatic heterocycles. The predicted octanol–water partition coefficient (Wildman–Crippen LogP) is 4.11. The number of rotatable bonds is 9. The fraction of sp³-hybridized carbons (Fsp3) is 0.625. The van der Waals surface area contributed by atoms with Crippen LogP contribution < -0.4 is 5.32 Å². The van der Waals surface area contributed by atoms with Crippen LogP contribution in [0.3, 0.4) is 0 Å². The summed E-state index contributed by atoms with van der Waals surface area (Å²) in [6.45, 7) is 11.1. The first-order chi connectivity index (χ1) is 9.21. The van der Waals surface area contributed by atoms with E-state index in [9.17, 15) is 0 Å². The van der Waals surface area contributed by atoms with E-state index in [1.807, 2.05) is 12.1 Å². The van der Waals surface area contributed by atoms with Gasteiger partial charge in [-0.3, -0.25) is 0 Å². The van der Waals surface area contributed by atoms with Crippen LogP contribution in [0.4, 0.5) is 0 Å². The maximum atomic E-state index is 6.06. The van der Waals surface area contributed by atoms with Crippen LogP contribution in [0.1, 0.15) is 45.2 Å². The number of benzene rings is 1. The van der Waals surface area contributed by atoms with Crippen molar-refractivity contribution in [3.63, 3.8) is 0 Å². The van der Waals surface area contributed by atoms with Crippen molar-refractivity contribution in [2.45, 2.75) is 39.7 Å². The fourth-order valence-corrected chi connectivity index (χ4v) is 2.56. The van der Waals surface area contributed by atoms with Gasteiger partial charge < -0.3 is 10.2 Å². The first-order valence-corrected chi connectivity index (χ1v) is 7.80. The minimum Gasteiger partial charge on any atom is -0.309 e. The molecule has 0 spiro atoms. The van der Waals surface area contributed by atoms with E-state index in [2.05, 4.69) is 43.1 Å². The SMILES string of the molecule is CCCN(CC)CCNC(CC)c1cccc(Cl)c1. The number of hydrogen-bond donors (Lipinski definition) is 1. The Labute approximate surface area is 123 Å². The van der Waals surface area contributed by atoms with Crippen LogP contribution in [0.2, 0.25) is 5.02 Å². The number of nitrogens with zero attached hydrogens (tertiary/aromatic N) is 1. The quantitative estimate of drug-likeness (QED) is 0.733. The molecule has 1 atom stereocenters. The van der Waals surface area contributed by atoms with Gasteiger partial charge in [-0.05, 0) is 43.6 Å². The molecule has 1 N–H and O–H groups in total. The molecule has 0 aliphatic rings. The highest BCUT2D eigenvalue weighted by Gasteiger charge is 2.09. The zero-order valence-electron chi connectivity index (χ0n) is 12.5. The van der Waals surface area contributed by atoms with E-state index in [0.717, 1.165) is 31.1 Å². The number of halogens is 1. The summed E-state index contributed by atoms with van der Waals surface area (Å²) in [6.07, 6.45) is 2.31. The van der Waals surface area contributed by atoms with E-state index in [1.54, 1.807) is 0 Å². The molecule has 1 rings (SSSR count). The van der Waals surface area contributed by atoms with Crippen molar-refractivity contribution in [3.8, 4) is 0 Å². The molecular weight excluding hydrogens is 256 g/mol. The molecule has 0 bridgehead atoms. The largest absolute Gasteiger partial charge is 0.309 e. The van der Waals surface area contributed by atoms with E-state index in [1.165, 1.54) is 18.5 Å². The zero-order valence-corrected chi connectivity index (χ0v) is 13.2. The lowest BCUT2D eigenvalue weighted by Crippen LogP contribution is -2.34. The summed E-state index contributed by atoms with van der Waals surface area (Å²) in [4.78, 5) is 2.48. The van der Waals surface area contributed by atoms with Gasteiger partial charge in [0.15, 0.2) is 0 Å². The van der Waals surface area contributed by atoms with Crippen molar-refractivity contribution >= 4 is 11.6 Å². The Morgan fingerprint density at radius 1 is 1.21 bits per heavy atom. The molecule has 3 heteroatoms. The maximum absolute atomic E-state index is 6.06. The summed E-state index contributed by atoms with van der Waals surface area (Å²) in [6, 6.07) is 8.57. The van der Waals surface area contributed by atoms with E-state index in [0.29, 0.717) is 6.04 Å². The molecule has 0 amide bonds. The van der Waals surface area contributed by atoms with Gasteiger partial charge in [-0.25, -0.2) is 0 Å². The second-order valence-electron chi connectivity index (χ2n) is 4.90. The van der Waals surface area contributed by atoms with Crippen LogP contribution in [0, 0.1) is 0 Å². The lowest BCUT2D eigenvalue weighted by atomic mass is 10.0. The predicted molar refractivity (Wildman–Crippen MR) is 84.9 cm³/mol. The first-order valence-electron chi connectivity index (χ1n) is 7.42. The Balaban J connectivity index is 2.45. The normalized spacial score (nSPS) is 12.9. The molecule has 1 unspecified atom stereocenters. The molecule has 0 saturated heterocycles. The molecule has 19 heavy (non-hydrogen) atoms. The maximum Gasteiger partial charge on any atom is 0.0409 e. The first kappa shape index (κ1) is 16.5. The summed E-state index contributed by atoms with van der Waals surface area (Å²) < 4.78 is 0. The van der Waals surface area contributed by atoms with Crippen molar-refractivity contribution < 1.29 is 0 Å². The Morgan fingerprint density at radius 2 is 2.00 bits per heavy atom. The average Bonchev–Trinajstić information content (AvgIpc) is 2.42. The van der Waals surface area contributed by atoms with Crippen molar-refractivity contribution in [3.05, 3.63) is 34.9 Å². The third-order valence-electron chi connectivity index (χ3n) is 3.47. The third kappa shape index (κ3) is 5.94. The van der Waals surface area contributed by atoms with Crippen LogP contribution in [-0.4, -0.2) is 31.1 Å². The second kappa shape index (κ2) is 9.35. The van der Waals surface area contributed by atoms with Crippen molar-refractivity contribution in [1.29, 1.82) is 0 Å². The highest BCUT2D eigenvalue weighted by Crippen LogP contribution is 2.19. The summed E-state index contributed by atoms with van der Waals surface area (Å²) in [5.41, 5.74) is 1.29. The number of likely N-dealkylation sites (N-methyl/N-ethyl adjacent to an activating group) is 1. The van der Waals surface area contributed by atoms with Crippen LogP contribution in [0.15, 0.2) is 24.3 Å². The fourth-order valence-electron chi connectivity index (χ4n) is 2.36.